The summed E-state index contributed by atoms with van der Waals surface area (Å²) in [4.78, 5) is 22.9. The molecule has 9 nitrogen and oxygen atoms in total. The molecule has 1 aliphatic carbocycles. The molecule has 0 radical (unpaired) electrons. The monoisotopic (exact) mass is 368 g/mol. The molecule has 1 aromatic carbocycles. The van der Waals surface area contributed by atoms with Crippen LogP contribution in [0.2, 0.25) is 0 Å². The van der Waals surface area contributed by atoms with Crippen LogP contribution in [0.4, 0.5) is 0 Å². The lowest BCUT2D eigenvalue weighted by molar-refractivity contribution is -0.196. The van der Waals surface area contributed by atoms with Gasteiger partial charge in [-0.15, -0.1) is 0 Å². The molecule has 0 bridgehead atoms. The molecule has 0 aromatic heterocycles. The van der Waals surface area contributed by atoms with E-state index in [9.17, 15) is 30.0 Å². The third-order valence-corrected chi connectivity index (χ3v) is 4.12. The Hall–Kier alpha value is -2.62. The summed E-state index contributed by atoms with van der Waals surface area (Å²) in [7, 11) is 1.38. The van der Waals surface area contributed by atoms with Crippen LogP contribution in [0.1, 0.15) is 18.4 Å². The summed E-state index contributed by atoms with van der Waals surface area (Å²) in [6.07, 6.45) is -3.16. The van der Waals surface area contributed by atoms with E-state index in [4.69, 9.17) is 14.6 Å². The minimum Gasteiger partial charge on any atom is -0.504 e. The first-order chi connectivity index (χ1) is 12.2. The summed E-state index contributed by atoms with van der Waals surface area (Å²) in [5, 5.41) is 48.2. The standard InChI is InChI=1S/C17H20O9/c1-25-13-6-9(2-4-10(13)18)3-5-14(21)26-15-11(19)7-17(24,16(22)23)8-12(15)20/h2-6,11-12,15,18-20,24H,7-8H2,1H3,(H,22,23). The lowest BCUT2D eigenvalue weighted by Crippen LogP contribution is -2.57. The number of hydrogen-bond donors (Lipinski definition) is 5. The highest BCUT2D eigenvalue weighted by Gasteiger charge is 2.50. The summed E-state index contributed by atoms with van der Waals surface area (Å²) in [5.41, 5.74) is -1.75. The second-order valence-electron chi connectivity index (χ2n) is 6.05. The number of esters is 1. The quantitative estimate of drug-likeness (QED) is 0.347. The number of carbonyl (C=O) groups excluding carboxylic acids is 1. The molecule has 0 amide bonds. The summed E-state index contributed by atoms with van der Waals surface area (Å²) in [6.45, 7) is 0. The van der Waals surface area contributed by atoms with Crippen molar-refractivity contribution in [2.75, 3.05) is 7.11 Å². The molecule has 26 heavy (non-hydrogen) atoms. The molecular weight excluding hydrogens is 348 g/mol. The molecule has 0 aliphatic heterocycles. The van der Waals surface area contributed by atoms with Crippen LogP contribution in [0.25, 0.3) is 6.08 Å². The van der Waals surface area contributed by atoms with Crippen molar-refractivity contribution in [3.63, 3.8) is 0 Å². The molecule has 2 rings (SSSR count). The highest BCUT2D eigenvalue weighted by atomic mass is 16.6. The lowest BCUT2D eigenvalue weighted by atomic mass is 9.79. The molecule has 0 saturated heterocycles. The smallest absolute Gasteiger partial charge is 0.335 e. The largest absolute Gasteiger partial charge is 0.504 e. The number of methoxy groups -OCH3 is 1. The van der Waals surface area contributed by atoms with Crippen LogP contribution in [0, 0.1) is 0 Å². The van der Waals surface area contributed by atoms with Gasteiger partial charge in [0.25, 0.3) is 0 Å². The number of aliphatic hydroxyl groups is 3. The first-order valence-corrected chi connectivity index (χ1v) is 7.74. The molecule has 1 aromatic rings. The van der Waals surface area contributed by atoms with Gasteiger partial charge < -0.3 is 35.0 Å². The van der Waals surface area contributed by atoms with E-state index in [0.29, 0.717) is 5.56 Å². The maximum atomic E-state index is 11.9. The Bertz CT molecular complexity index is 700. The third-order valence-electron chi connectivity index (χ3n) is 4.12. The van der Waals surface area contributed by atoms with Crippen molar-refractivity contribution < 1.29 is 44.6 Å². The Morgan fingerprint density at radius 1 is 1.23 bits per heavy atom. The van der Waals surface area contributed by atoms with Crippen LogP contribution in [-0.2, 0) is 14.3 Å². The van der Waals surface area contributed by atoms with Gasteiger partial charge in [0.2, 0.25) is 0 Å². The van der Waals surface area contributed by atoms with Crippen molar-refractivity contribution in [2.24, 2.45) is 0 Å². The number of benzene rings is 1. The molecule has 1 saturated carbocycles. The number of carboxylic acids is 1. The Morgan fingerprint density at radius 2 is 1.85 bits per heavy atom. The van der Waals surface area contributed by atoms with Crippen LogP contribution in [0.15, 0.2) is 24.3 Å². The van der Waals surface area contributed by atoms with Crippen LogP contribution in [0.5, 0.6) is 11.5 Å². The Kier molecular flexibility index (Phi) is 5.86. The van der Waals surface area contributed by atoms with Gasteiger partial charge in [0.15, 0.2) is 23.2 Å². The number of rotatable bonds is 5. The number of phenolic OH excluding ortho intramolecular Hbond substituents is 1. The van der Waals surface area contributed by atoms with Gasteiger partial charge >= 0.3 is 11.9 Å². The molecule has 0 heterocycles. The van der Waals surface area contributed by atoms with Gasteiger partial charge in [0.1, 0.15) is 0 Å². The van der Waals surface area contributed by atoms with E-state index in [0.717, 1.165) is 6.08 Å². The zero-order valence-corrected chi connectivity index (χ0v) is 13.9. The van der Waals surface area contributed by atoms with Crippen molar-refractivity contribution in [2.45, 2.75) is 36.8 Å². The second kappa shape index (κ2) is 7.73. The van der Waals surface area contributed by atoms with Gasteiger partial charge in [0.05, 0.1) is 19.3 Å². The molecule has 1 fully saturated rings. The fraction of sp³-hybridized carbons (Fsp3) is 0.412. The topological polar surface area (TPSA) is 154 Å². The highest BCUT2D eigenvalue weighted by molar-refractivity contribution is 5.87. The van der Waals surface area contributed by atoms with Crippen molar-refractivity contribution >= 4 is 18.0 Å². The molecular formula is C17H20O9. The number of ether oxygens (including phenoxy) is 2. The molecule has 5 N–H and O–H groups in total. The molecule has 2 atom stereocenters. The third kappa shape index (κ3) is 4.31. The number of carboxylic acid groups (broad SMARTS) is 1. The van der Waals surface area contributed by atoms with Gasteiger partial charge in [-0.2, -0.15) is 0 Å². The lowest BCUT2D eigenvalue weighted by Gasteiger charge is -2.39. The van der Waals surface area contributed by atoms with Crippen LogP contribution in [0.3, 0.4) is 0 Å². The zero-order chi connectivity index (χ0) is 19.5. The van der Waals surface area contributed by atoms with Crippen molar-refractivity contribution in [3.8, 4) is 11.5 Å². The normalized spacial score (nSPS) is 28.7. The summed E-state index contributed by atoms with van der Waals surface area (Å²) in [5.74, 6) is -2.29. The van der Waals surface area contributed by atoms with E-state index in [1.807, 2.05) is 0 Å². The average molecular weight is 368 g/mol. The molecule has 1 aliphatic rings. The minimum atomic E-state index is -2.28. The van der Waals surface area contributed by atoms with E-state index < -0.39 is 48.7 Å². The summed E-state index contributed by atoms with van der Waals surface area (Å²) < 4.78 is 9.92. The molecule has 0 spiro atoms. The molecule has 9 heteroatoms. The number of aliphatic hydroxyl groups excluding tert-OH is 2. The maximum absolute atomic E-state index is 11.9. The number of phenols is 1. The van der Waals surface area contributed by atoms with Gasteiger partial charge in [-0.25, -0.2) is 9.59 Å². The van der Waals surface area contributed by atoms with E-state index in [1.54, 1.807) is 0 Å². The predicted molar refractivity (Wildman–Crippen MR) is 87.4 cm³/mol. The van der Waals surface area contributed by atoms with Gasteiger partial charge in [-0.05, 0) is 23.8 Å². The Morgan fingerprint density at radius 3 is 2.38 bits per heavy atom. The fourth-order valence-electron chi connectivity index (χ4n) is 2.73. The first-order valence-electron chi connectivity index (χ1n) is 7.74. The average Bonchev–Trinajstić information content (AvgIpc) is 2.57. The summed E-state index contributed by atoms with van der Waals surface area (Å²) in [6, 6.07) is 4.39. The van der Waals surface area contributed by atoms with Gasteiger partial charge in [-0.3, -0.25) is 0 Å². The highest BCUT2D eigenvalue weighted by Crippen LogP contribution is 2.31. The first kappa shape index (κ1) is 19.7. The second-order valence-corrected chi connectivity index (χ2v) is 6.05. The van der Waals surface area contributed by atoms with Crippen LogP contribution < -0.4 is 4.74 Å². The Labute approximate surface area is 148 Å². The Balaban J connectivity index is 2.02. The van der Waals surface area contributed by atoms with Crippen LogP contribution in [-0.4, -0.2) is 68.5 Å². The predicted octanol–water partition coefficient (Wildman–Crippen LogP) is -0.343. The van der Waals surface area contributed by atoms with Crippen LogP contribution >= 0.6 is 0 Å². The van der Waals surface area contributed by atoms with Gasteiger partial charge in [-0.1, -0.05) is 6.07 Å². The van der Waals surface area contributed by atoms with E-state index in [1.165, 1.54) is 31.4 Å². The van der Waals surface area contributed by atoms with Crippen molar-refractivity contribution in [1.82, 2.24) is 0 Å². The SMILES string of the molecule is COc1cc(C=CC(=O)OC2C(O)CC(O)(C(=O)O)CC2O)ccc1O. The van der Waals surface area contributed by atoms with Crippen molar-refractivity contribution in [3.05, 3.63) is 29.8 Å². The van der Waals surface area contributed by atoms with E-state index in [-0.39, 0.29) is 11.5 Å². The number of aromatic hydroxyl groups is 1. The summed E-state index contributed by atoms with van der Waals surface area (Å²) >= 11 is 0. The van der Waals surface area contributed by atoms with E-state index in [2.05, 4.69) is 0 Å². The fourth-order valence-corrected chi connectivity index (χ4v) is 2.73. The van der Waals surface area contributed by atoms with Gasteiger partial charge in [0, 0.05) is 18.9 Å². The number of carbonyl (C=O) groups is 2. The zero-order valence-electron chi connectivity index (χ0n) is 13.9. The maximum Gasteiger partial charge on any atom is 0.335 e. The minimum absolute atomic E-state index is 0.0633. The number of hydrogen-bond acceptors (Lipinski definition) is 8. The van der Waals surface area contributed by atoms with Crippen molar-refractivity contribution in [1.29, 1.82) is 0 Å². The van der Waals surface area contributed by atoms with E-state index >= 15 is 0 Å². The molecule has 2 unspecified atom stereocenters. The number of aliphatic carboxylic acids is 1. The molecule has 142 valence electrons.